The lowest BCUT2D eigenvalue weighted by Gasteiger charge is -2.42. The van der Waals surface area contributed by atoms with Gasteiger partial charge in [0.15, 0.2) is 12.6 Å². The Hall–Kier alpha value is -1.01. The Bertz CT molecular complexity index is 881. The molecule has 0 amide bonds. The summed E-state index contributed by atoms with van der Waals surface area (Å²) in [7, 11) is 0. The molecule has 11 atom stereocenters. The van der Waals surface area contributed by atoms with Gasteiger partial charge >= 0.3 is 5.97 Å². The molecule has 0 radical (unpaired) electrons. The molecule has 0 saturated carbocycles. The highest BCUT2D eigenvalue weighted by molar-refractivity contribution is 5.66. The normalized spacial score (nSPS) is 30.0. The molecule has 11 unspecified atom stereocenters. The minimum absolute atomic E-state index is 0.0519. The third-order valence-electron chi connectivity index (χ3n) is 9.92. The van der Waals surface area contributed by atoms with Crippen LogP contribution in [0.3, 0.4) is 0 Å². The first-order valence-electron chi connectivity index (χ1n) is 20.1. The highest BCUT2D eigenvalue weighted by Crippen LogP contribution is 2.26. The number of hydrogen-bond donors (Lipinski definition) is 7. The fraction of sp³-hybridized carbons (Fsp3) is 0.974. The molecule has 2 rings (SSSR count). The lowest BCUT2D eigenvalue weighted by molar-refractivity contribution is -0.332. The van der Waals surface area contributed by atoms with Crippen LogP contribution in [-0.2, 0) is 33.2 Å². The van der Waals surface area contributed by atoms with Crippen LogP contribution in [0.4, 0.5) is 0 Å². The summed E-state index contributed by atoms with van der Waals surface area (Å²) >= 11 is 0. The van der Waals surface area contributed by atoms with Gasteiger partial charge in [0.05, 0.1) is 26.4 Å². The van der Waals surface area contributed by atoms with Crippen molar-refractivity contribution < 1.29 is 69.0 Å². The number of esters is 1. The minimum atomic E-state index is -1.69. The van der Waals surface area contributed by atoms with Crippen LogP contribution in [0, 0.1) is 0 Å². The maximum Gasteiger partial charge on any atom is 0.303 e. The highest BCUT2D eigenvalue weighted by Gasteiger charge is 2.47. The van der Waals surface area contributed by atoms with Crippen LogP contribution in [0.15, 0.2) is 0 Å². The first-order chi connectivity index (χ1) is 25.1. The quantitative estimate of drug-likeness (QED) is 0.0415. The Labute approximate surface area is 311 Å². The van der Waals surface area contributed by atoms with Crippen molar-refractivity contribution in [3.63, 3.8) is 0 Å². The summed E-state index contributed by atoms with van der Waals surface area (Å²) in [6.45, 7) is 2.69. The molecule has 52 heavy (non-hydrogen) atoms. The fourth-order valence-electron chi connectivity index (χ4n) is 6.64. The van der Waals surface area contributed by atoms with Gasteiger partial charge in [0.2, 0.25) is 0 Å². The smallest absolute Gasteiger partial charge is 0.303 e. The van der Waals surface area contributed by atoms with Gasteiger partial charge in [0.1, 0.15) is 54.9 Å². The van der Waals surface area contributed by atoms with Crippen molar-refractivity contribution in [1.29, 1.82) is 0 Å². The Kier molecular flexibility index (Phi) is 25.8. The second-order valence-corrected chi connectivity index (χ2v) is 14.5. The zero-order valence-corrected chi connectivity index (χ0v) is 31.8. The molecular formula is C38H72O14. The molecule has 0 bridgehead atoms. The van der Waals surface area contributed by atoms with Crippen molar-refractivity contribution in [2.24, 2.45) is 0 Å². The molecule has 2 heterocycles. The lowest BCUT2D eigenvalue weighted by Crippen LogP contribution is -2.61. The summed E-state index contributed by atoms with van der Waals surface area (Å²) in [6.07, 6.45) is 8.60. The molecule has 0 spiro atoms. The second kappa shape index (κ2) is 28.4. The van der Waals surface area contributed by atoms with E-state index in [2.05, 4.69) is 6.92 Å². The number of unbranched alkanes of at least 4 members (excludes halogenated alkanes) is 18. The van der Waals surface area contributed by atoms with Crippen molar-refractivity contribution >= 4 is 5.97 Å². The summed E-state index contributed by atoms with van der Waals surface area (Å²) in [6, 6.07) is 0. The molecular weight excluding hydrogens is 680 g/mol. The van der Waals surface area contributed by atoms with Gasteiger partial charge in [-0.05, 0) is 6.42 Å². The van der Waals surface area contributed by atoms with Crippen LogP contribution >= 0.6 is 0 Å². The van der Waals surface area contributed by atoms with Crippen molar-refractivity contribution in [2.75, 3.05) is 33.0 Å². The number of carbonyl (C=O) groups is 1. The second-order valence-electron chi connectivity index (χ2n) is 14.5. The van der Waals surface area contributed by atoms with E-state index >= 15 is 0 Å². The Morgan fingerprint density at radius 1 is 0.558 bits per heavy atom. The standard InChI is InChI=1S/C38H72O14/c1-3-4-5-6-7-8-9-10-11-12-13-14-15-16-17-18-19-20-21-22-47-24-28(50-27(2)40)25-48-37-36(46)34(44)32(42)30(52-37)26-49-38-35(45)33(43)31(41)29(23-39)51-38/h28-39,41-46H,3-26H2,1-2H3. The molecule has 0 aromatic heterocycles. The van der Waals surface area contributed by atoms with E-state index in [1.165, 1.54) is 110 Å². The van der Waals surface area contributed by atoms with Crippen molar-refractivity contribution in [2.45, 2.75) is 203 Å². The summed E-state index contributed by atoms with van der Waals surface area (Å²) < 4.78 is 33.0. The van der Waals surface area contributed by atoms with E-state index in [0.29, 0.717) is 6.61 Å². The number of carbonyl (C=O) groups excluding carboxylic acids is 1. The number of hydrogen-bond acceptors (Lipinski definition) is 14. The molecule has 14 heteroatoms. The van der Waals surface area contributed by atoms with Gasteiger partial charge in [-0.2, -0.15) is 0 Å². The monoisotopic (exact) mass is 752 g/mol. The van der Waals surface area contributed by atoms with Gasteiger partial charge in [0.25, 0.3) is 0 Å². The molecule has 2 saturated heterocycles. The Balaban J connectivity index is 1.56. The average molecular weight is 753 g/mol. The lowest BCUT2D eigenvalue weighted by atomic mass is 9.98. The zero-order chi connectivity index (χ0) is 38.1. The summed E-state index contributed by atoms with van der Waals surface area (Å²) in [5.41, 5.74) is 0. The number of rotatable bonds is 30. The zero-order valence-electron chi connectivity index (χ0n) is 31.8. The third-order valence-corrected chi connectivity index (χ3v) is 9.92. The maximum absolute atomic E-state index is 11.7. The van der Waals surface area contributed by atoms with Crippen molar-refractivity contribution in [3.8, 4) is 0 Å². The number of aliphatic hydroxyl groups excluding tert-OH is 7. The summed E-state index contributed by atoms with van der Waals surface area (Å²) in [5, 5.41) is 70.8. The molecule has 2 aliphatic rings. The summed E-state index contributed by atoms with van der Waals surface area (Å²) in [4.78, 5) is 11.7. The predicted octanol–water partition coefficient (Wildman–Crippen LogP) is 3.01. The van der Waals surface area contributed by atoms with E-state index in [0.717, 1.165) is 19.3 Å². The molecule has 0 aromatic carbocycles. The first kappa shape index (κ1) is 47.1. The Morgan fingerprint density at radius 2 is 0.981 bits per heavy atom. The number of aliphatic hydroxyl groups is 7. The fourth-order valence-corrected chi connectivity index (χ4v) is 6.64. The topological polar surface area (TPSA) is 214 Å². The SMILES string of the molecule is CCCCCCCCCCCCCCCCCCCCCOCC(COC1OC(COC2OC(CO)C(O)C(O)C2O)C(O)C(O)C1O)OC(C)=O. The van der Waals surface area contributed by atoms with E-state index in [1.807, 2.05) is 0 Å². The van der Waals surface area contributed by atoms with Gasteiger partial charge in [-0.3, -0.25) is 4.79 Å². The summed E-state index contributed by atoms with van der Waals surface area (Å²) in [5.74, 6) is -0.549. The highest BCUT2D eigenvalue weighted by atomic mass is 16.7. The Morgan fingerprint density at radius 3 is 1.44 bits per heavy atom. The van der Waals surface area contributed by atoms with E-state index in [9.17, 15) is 40.5 Å². The molecule has 0 aliphatic carbocycles. The maximum atomic E-state index is 11.7. The van der Waals surface area contributed by atoms with Crippen LogP contribution in [0.1, 0.15) is 136 Å². The van der Waals surface area contributed by atoms with Crippen LogP contribution in [-0.4, -0.2) is 142 Å². The third kappa shape index (κ3) is 18.5. The van der Waals surface area contributed by atoms with Gasteiger partial charge < -0.3 is 64.2 Å². The van der Waals surface area contributed by atoms with Crippen LogP contribution in [0.5, 0.6) is 0 Å². The first-order valence-corrected chi connectivity index (χ1v) is 20.1. The molecule has 2 fully saturated rings. The molecule has 2 aliphatic heterocycles. The van der Waals surface area contributed by atoms with Crippen molar-refractivity contribution in [3.05, 3.63) is 0 Å². The van der Waals surface area contributed by atoms with Crippen LogP contribution < -0.4 is 0 Å². The average Bonchev–Trinajstić information content (AvgIpc) is 3.13. The van der Waals surface area contributed by atoms with E-state index in [-0.39, 0.29) is 13.2 Å². The van der Waals surface area contributed by atoms with Gasteiger partial charge in [0, 0.05) is 13.5 Å². The molecule has 14 nitrogen and oxygen atoms in total. The van der Waals surface area contributed by atoms with Gasteiger partial charge in [-0.25, -0.2) is 0 Å². The molecule has 308 valence electrons. The largest absolute Gasteiger partial charge is 0.458 e. The van der Waals surface area contributed by atoms with Crippen LogP contribution in [0.25, 0.3) is 0 Å². The van der Waals surface area contributed by atoms with E-state index in [1.54, 1.807) is 0 Å². The van der Waals surface area contributed by atoms with Gasteiger partial charge in [-0.15, -0.1) is 0 Å². The van der Waals surface area contributed by atoms with E-state index in [4.69, 9.17) is 28.4 Å². The minimum Gasteiger partial charge on any atom is -0.458 e. The van der Waals surface area contributed by atoms with Crippen LogP contribution in [0.2, 0.25) is 0 Å². The van der Waals surface area contributed by atoms with Gasteiger partial charge in [-0.1, -0.05) is 122 Å². The molecule has 7 N–H and O–H groups in total. The molecule has 0 aromatic rings. The number of ether oxygens (including phenoxy) is 6. The predicted molar refractivity (Wildman–Crippen MR) is 192 cm³/mol. The van der Waals surface area contributed by atoms with Crippen molar-refractivity contribution in [1.82, 2.24) is 0 Å². The van der Waals surface area contributed by atoms with E-state index < -0.39 is 86.7 Å².